The van der Waals surface area contributed by atoms with E-state index in [4.69, 9.17) is 14.2 Å². The molecule has 380 valence electrons. The van der Waals surface area contributed by atoms with Gasteiger partial charge in [-0.25, -0.2) is 0 Å². The maximum absolute atomic E-state index is 12.8. The van der Waals surface area contributed by atoms with Gasteiger partial charge in [-0.1, -0.05) is 250 Å². The molecule has 0 radical (unpaired) electrons. The molecule has 6 heteroatoms. The number of ether oxygens (including phenoxy) is 3. The highest BCUT2D eigenvalue weighted by Crippen LogP contribution is 2.13. The van der Waals surface area contributed by atoms with Crippen LogP contribution in [0.1, 0.15) is 207 Å². The summed E-state index contributed by atoms with van der Waals surface area (Å²) in [6.07, 6.45) is 78.3. The second kappa shape index (κ2) is 54.9. The van der Waals surface area contributed by atoms with Crippen LogP contribution < -0.4 is 0 Å². The van der Waals surface area contributed by atoms with Gasteiger partial charge in [0.15, 0.2) is 6.10 Å². The Labute approximate surface area is 417 Å². The zero-order valence-corrected chi connectivity index (χ0v) is 43.3. The van der Waals surface area contributed by atoms with Crippen molar-refractivity contribution in [3.63, 3.8) is 0 Å². The molecule has 6 nitrogen and oxygen atoms in total. The topological polar surface area (TPSA) is 78.9 Å². The van der Waals surface area contributed by atoms with E-state index in [1.807, 2.05) is 79.0 Å². The van der Waals surface area contributed by atoms with E-state index in [1.165, 1.54) is 51.4 Å². The van der Waals surface area contributed by atoms with Crippen LogP contribution in [0, 0.1) is 0 Å². The van der Waals surface area contributed by atoms with E-state index in [-0.39, 0.29) is 37.5 Å². The number of carbonyl (C=O) groups is 3. The fraction of sp³-hybridized carbons (Fsp3) is 0.565. The van der Waals surface area contributed by atoms with Crippen molar-refractivity contribution in [3.05, 3.63) is 146 Å². The summed E-state index contributed by atoms with van der Waals surface area (Å²) in [6, 6.07) is 0. The van der Waals surface area contributed by atoms with Crippen molar-refractivity contribution >= 4 is 17.9 Å². The van der Waals surface area contributed by atoms with Gasteiger partial charge in [0.05, 0.1) is 0 Å². The minimum absolute atomic E-state index is 0.117. The monoisotopic (exact) mass is 937 g/mol. The summed E-state index contributed by atoms with van der Waals surface area (Å²) in [4.78, 5) is 38.1. The molecule has 0 bridgehead atoms. The average Bonchev–Trinajstić information content (AvgIpc) is 3.34. The zero-order valence-electron chi connectivity index (χ0n) is 43.3. The van der Waals surface area contributed by atoms with Crippen LogP contribution in [0.4, 0.5) is 0 Å². The van der Waals surface area contributed by atoms with Crippen LogP contribution in [0.25, 0.3) is 0 Å². The molecule has 0 amide bonds. The number of rotatable bonds is 46. The molecular formula is C62H96O6. The third-order valence-electron chi connectivity index (χ3n) is 10.8. The van der Waals surface area contributed by atoms with Gasteiger partial charge in [-0.2, -0.15) is 0 Å². The van der Waals surface area contributed by atoms with Gasteiger partial charge in [-0.15, -0.1) is 0 Å². The fourth-order valence-electron chi connectivity index (χ4n) is 6.83. The number of hydrogen-bond acceptors (Lipinski definition) is 6. The number of esters is 3. The van der Waals surface area contributed by atoms with Crippen LogP contribution >= 0.6 is 0 Å². The molecule has 0 aromatic heterocycles. The molecule has 0 aliphatic heterocycles. The van der Waals surface area contributed by atoms with Crippen molar-refractivity contribution in [2.45, 2.75) is 213 Å². The molecule has 0 heterocycles. The molecule has 0 N–H and O–H groups in total. The first-order valence-corrected chi connectivity index (χ1v) is 27.0. The van der Waals surface area contributed by atoms with Crippen LogP contribution in [0.15, 0.2) is 146 Å². The second-order valence-corrected chi connectivity index (χ2v) is 17.3. The highest BCUT2D eigenvalue weighted by Gasteiger charge is 2.19. The van der Waals surface area contributed by atoms with Crippen LogP contribution in [-0.2, 0) is 28.6 Å². The zero-order chi connectivity index (χ0) is 49.3. The van der Waals surface area contributed by atoms with Crippen molar-refractivity contribution in [2.24, 2.45) is 0 Å². The number of carbonyl (C=O) groups excluding carboxylic acids is 3. The van der Waals surface area contributed by atoms with Gasteiger partial charge >= 0.3 is 17.9 Å². The maximum Gasteiger partial charge on any atom is 0.306 e. The molecule has 0 aliphatic carbocycles. The lowest BCUT2D eigenvalue weighted by Gasteiger charge is -2.18. The maximum atomic E-state index is 12.8. The first-order chi connectivity index (χ1) is 33.5. The van der Waals surface area contributed by atoms with Gasteiger partial charge in [0.2, 0.25) is 0 Å². The van der Waals surface area contributed by atoms with Gasteiger partial charge in [-0.05, 0) is 83.5 Å². The normalized spacial score (nSPS) is 13.3. The highest BCUT2D eigenvalue weighted by atomic mass is 16.6. The standard InChI is InChI=1S/C62H96O6/c1-4-7-10-13-16-19-22-25-27-29-31-33-34-37-40-43-46-49-52-55-61(64)67-58-59(57-66-60(63)54-51-48-45-42-39-36-24-21-18-15-12-9-6-3)68-62(65)56-53-50-47-44-41-38-35-32-30-28-26-23-20-17-14-11-8-5-2/h7,9-10,12-13,15-16,18-19,21-22,24-25,27-35,37,40,59H,4-6,8,11,14,17,20,23,26,36,38-39,41-58H2,1-3H3/b10-7-,12-9-,16-13-,18-15-,22-19-,24-21-,27-25-,30-28-,31-29+,34-33-,35-32-,40-37-. The highest BCUT2D eigenvalue weighted by molar-refractivity contribution is 5.71. The summed E-state index contributed by atoms with van der Waals surface area (Å²) in [7, 11) is 0. The molecule has 0 aromatic rings. The van der Waals surface area contributed by atoms with Crippen molar-refractivity contribution in [1.82, 2.24) is 0 Å². The molecule has 0 saturated carbocycles. The van der Waals surface area contributed by atoms with E-state index in [1.54, 1.807) is 0 Å². The average molecular weight is 937 g/mol. The fourth-order valence-corrected chi connectivity index (χ4v) is 6.83. The Balaban J connectivity index is 4.57. The largest absolute Gasteiger partial charge is 0.462 e. The molecule has 0 rings (SSSR count). The lowest BCUT2D eigenvalue weighted by molar-refractivity contribution is -0.167. The molecular weight excluding hydrogens is 841 g/mol. The van der Waals surface area contributed by atoms with E-state index in [9.17, 15) is 14.4 Å². The molecule has 0 aromatic carbocycles. The van der Waals surface area contributed by atoms with Crippen molar-refractivity contribution in [3.8, 4) is 0 Å². The second-order valence-electron chi connectivity index (χ2n) is 17.3. The Morgan fingerprint density at radius 1 is 0.309 bits per heavy atom. The van der Waals surface area contributed by atoms with E-state index in [2.05, 4.69) is 87.6 Å². The predicted octanol–water partition coefficient (Wildman–Crippen LogP) is 18.0. The molecule has 1 atom stereocenters. The Kier molecular flexibility index (Phi) is 51.1. The first-order valence-electron chi connectivity index (χ1n) is 27.0. The Hall–Kier alpha value is -4.71. The van der Waals surface area contributed by atoms with E-state index < -0.39 is 6.10 Å². The van der Waals surface area contributed by atoms with Gasteiger partial charge in [-0.3, -0.25) is 14.4 Å². The van der Waals surface area contributed by atoms with Crippen molar-refractivity contribution < 1.29 is 28.6 Å². The molecule has 68 heavy (non-hydrogen) atoms. The summed E-state index contributed by atoms with van der Waals surface area (Å²) >= 11 is 0. The van der Waals surface area contributed by atoms with Crippen LogP contribution in [0.3, 0.4) is 0 Å². The molecule has 0 aliphatic rings. The van der Waals surface area contributed by atoms with Crippen LogP contribution in [0.5, 0.6) is 0 Å². The minimum Gasteiger partial charge on any atom is -0.462 e. The lowest BCUT2D eigenvalue weighted by Crippen LogP contribution is -2.30. The summed E-state index contributed by atoms with van der Waals surface area (Å²) in [5.74, 6) is -1.01. The first kappa shape index (κ1) is 63.3. The van der Waals surface area contributed by atoms with E-state index in [0.717, 1.165) is 109 Å². The van der Waals surface area contributed by atoms with Gasteiger partial charge in [0.1, 0.15) is 13.2 Å². The predicted molar refractivity (Wildman–Crippen MR) is 292 cm³/mol. The summed E-state index contributed by atoms with van der Waals surface area (Å²) in [5.41, 5.74) is 0. The SMILES string of the molecule is CC\C=C/C=C\C=C/C=C\C=C\C=C/C=C\CCCCCC(=O)OCC(COC(=O)CCCCCCC\C=C/C=C\C=C/CC)OC(=O)CCCCCCC/C=C\C=C/CCCCCCCCC. The number of unbranched alkanes of at least 4 members (excludes halogenated alkanes) is 20. The molecule has 0 fully saturated rings. The van der Waals surface area contributed by atoms with Crippen LogP contribution in [0.2, 0.25) is 0 Å². The van der Waals surface area contributed by atoms with Gasteiger partial charge in [0.25, 0.3) is 0 Å². The summed E-state index contributed by atoms with van der Waals surface area (Å²) in [5, 5.41) is 0. The van der Waals surface area contributed by atoms with Crippen molar-refractivity contribution in [1.29, 1.82) is 0 Å². The van der Waals surface area contributed by atoms with Crippen LogP contribution in [-0.4, -0.2) is 37.2 Å². The summed E-state index contributed by atoms with van der Waals surface area (Å²) < 4.78 is 16.8. The quantitative estimate of drug-likeness (QED) is 0.0262. The van der Waals surface area contributed by atoms with E-state index in [0.29, 0.717) is 19.3 Å². The van der Waals surface area contributed by atoms with Gasteiger partial charge < -0.3 is 14.2 Å². The molecule has 0 spiro atoms. The number of allylic oxidation sites excluding steroid dienone is 24. The Morgan fingerprint density at radius 3 is 0.926 bits per heavy atom. The Bertz CT molecular complexity index is 1540. The smallest absolute Gasteiger partial charge is 0.306 e. The number of hydrogen-bond donors (Lipinski definition) is 0. The molecule has 1 unspecified atom stereocenters. The lowest BCUT2D eigenvalue weighted by atomic mass is 10.1. The van der Waals surface area contributed by atoms with Crippen molar-refractivity contribution in [2.75, 3.05) is 13.2 Å². The molecule has 0 saturated heterocycles. The third-order valence-corrected chi connectivity index (χ3v) is 10.8. The minimum atomic E-state index is -0.821. The third kappa shape index (κ3) is 52.3. The van der Waals surface area contributed by atoms with E-state index >= 15 is 0 Å². The Morgan fingerprint density at radius 2 is 0.574 bits per heavy atom. The summed E-state index contributed by atoms with van der Waals surface area (Å²) in [6.45, 7) is 6.26. The van der Waals surface area contributed by atoms with Gasteiger partial charge in [0, 0.05) is 19.3 Å².